The van der Waals surface area contributed by atoms with E-state index >= 15 is 0 Å². The third-order valence-electron chi connectivity index (χ3n) is 6.67. The smallest absolute Gasteiger partial charge is 0.332 e. The minimum Gasteiger partial charge on any atom is -0.452 e. The number of fused-ring (bicyclic) bond motifs is 1. The Labute approximate surface area is 184 Å². The molecule has 1 fully saturated rings. The molecule has 2 aliphatic rings. The fraction of sp³-hybridized carbons (Fsp3) is 0.522. The summed E-state index contributed by atoms with van der Waals surface area (Å²) in [5.41, 5.74) is 4.36. The number of furan rings is 1. The van der Waals surface area contributed by atoms with Gasteiger partial charge in [0.1, 0.15) is 0 Å². The van der Waals surface area contributed by atoms with Crippen molar-refractivity contribution >= 4 is 21.6 Å². The molecule has 0 saturated heterocycles. The largest absolute Gasteiger partial charge is 0.452 e. The van der Waals surface area contributed by atoms with Crippen molar-refractivity contribution in [3.63, 3.8) is 0 Å². The predicted octanol–water partition coefficient (Wildman–Crippen LogP) is 5.31. The zero-order chi connectivity index (χ0) is 22.4. The summed E-state index contributed by atoms with van der Waals surface area (Å²) in [4.78, 5) is 12.8. The van der Waals surface area contributed by atoms with E-state index in [1.165, 1.54) is 36.3 Å². The summed E-state index contributed by atoms with van der Waals surface area (Å²) in [6.07, 6.45) is 6.81. The van der Waals surface area contributed by atoms with Gasteiger partial charge in [0.25, 0.3) is 0 Å². The molecule has 1 aromatic heterocycles. The zero-order valence-electron chi connectivity index (χ0n) is 18.5. The molecule has 2 amide bonds. The summed E-state index contributed by atoms with van der Waals surface area (Å²) >= 11 is 0. The van der Waals surface area contributed by atoms with E-state index in [1.54, 1.807) is 7.11 Å². The van der Waals surface area contributed by atoms with Crippen LogP contribution < -0.4 is 10.0 Å². The van der Waals surface area contributed by atoms with Gasteiger partial charge in [-0.1, -0.05) is 19.1 Å². The standard InChI is InChI=1S/C23H31N3O4S/c1-14(15-8-9-15)18-11-10-16-6-5-7-19(16)21(18)25-22(27)26-31(24,28)20-12-17(13-30-20)23(2,3)29-4/h10-15H,5-9H2,1-4H3,(H3,24,25,26,27,28)/t14-,31?/m1/s1. The lowest BCUT2D eigenvalue weighted by atomic mass is 9.91. The quantitative estimate of drug-likeness (QED) is 0.537. The topological polar surface area (TPSA) is 104 Å². The van der Waals surface area contributed by atoms with E-state index < -0.39 is 21.5 Å². The van der Waals surface area contributed by atoms with Crippen molar-refractivity contribution in [3.8, 4) is 0 Å². The number of aryl methyl sites for hydroxylation is 1. The summed E-state index contributed by atoms with van der Waals surface area (Å²) in [6, 6.07) is 5.13. The molecule has 0 bridgehead atoms. The number of anilines is 1. The van der Waals surface area contributed by atoms with E-state index in [0.29, 0.717) is 17.4 Å². The minimum atomic E-state index is -3.66. The summed E-state index contributed by atoms with van der Waals surface area (Å²) in [5, 5.41) is 2.83. The number of hydrogen-bond acceptors (Lipinski definition) is 5. The molecule has 1 aromatic carbocycles. The van der Waals surface area contributed by atoms with Crippen LogP contribution in [0.4, 0.5) is 10.5 Å². The Morgan fingerprint density at radius 3 is 2.74 bits per heavy atom. The van der Waals surface area contributed by atoms with Crippen molar-refractivity contribution < 1.29 is 18.2 Å². The number of carbonyl (C=O) groups excluding carboxylic acids is 1. The third-order valence-corrected chi connectivity index (χ3v) is 7.93. The van der Waals surface area contributed by atoms with E-state index in [2.05, 4.69) is 29.1 Å². The van der Waals surface area contributed by atoms with Gasteiger partial charge in [-0.05, 0) is 74.5 Å². The molecule has 168 valence electrons. The molecule has 1 unspecified atom stereocenters. The van der Waals surface area contributed by atoms with Crippen LogP contribution in [0, 0.1) is 10.7 Å². The Balaban J connectivity index is 1.56. The number of ether oxygens (including phenoxy) is 1. The number of benzene rings is 1. The first kappa shape index (κ1) is 21.9. The molecular formula is C23H31N3O4S. The fourth-order valence-electron chi connectivity index (χ4n) is 4.28. The van der Waals surface area contributed by atoms with E-state index in [0.717, 1.165) is 30.5 Å². The van der Waals surface area contributed by atoms with Crippen molar-refractivity contribution in [2.24, 2.45) is 5.92 Å². The number of rotatable bonds is 7. The summed E-state index contributed by atoms with van der Waals surface area (Å²) in [5.74, 6) is 1.000. The molecule has 3 N–H and O–H groups in total. The van der Waals surface area contributed by atoms with Crippen LogP contribution in [0.5, 0.6) is 0 Å². The van der Waals surface area contributed by atoms with E-state index in [-0.39, 0.29) is 5.09 Å². The maximum absolute atomic E-state index is 12.9. The Kier molecular flexibility index (Phi) is 5.64. The molecule has 2 aliphatic carbocycles. The Bertz CT molecular complexity index is 1100. The highest BCUT2D eigenvalue weighted by Gasteiger charge is 2.32. The van der Waals surface area contributed by atoms with Crippen molar-refractivity contribution in [1.82, 2.24) is 4.72 Å². The van der Waals surface area contributed by atoms with Crippen molar-refractivity contribution in [3.05, 3.63) is 46.7 Å². The van der Waals surface area contributed by atoms with Crippen molar-refractivity contribution in [1.29, 1.82) is 4.78 Å². The first-order valence-electron chi connectivity index (χ1n) is 10.8. The number of nitrogens with one attached hydrogen (secondary N) is 3. The summed E-state index contributed by atoms with van der Waals surface area (Å²) in [7, 11) is -2.10. The molecule has 4 rings (SSSR count). The van der Waals surface area contributed by atoms with Crippen LogP contribution in [-0.2, 0) is 33.1 Å². The van der Waals surface area contributed by atoms with Crippen LogP contribution >= 0.6 is 0 Å². The highest BCUT2D eigenvalue weighted by Crippen LogP contribution is 2.46. The molecule has 0 radical (unpaired) electrons. The first-order chi connectivity index (χ1) is 14.6. The normalized spacial score (nSPS) is 18.8. The van der Waals surface area contributed by atoms with Crippen molar-refractivity contribution in [2.45, 2.75) is 69.5 Å². The summed E-state index contributed by atoms with van der Waals surface area (Å²) < 4.78 is 34.3. The molecule has 2 aromatic rings. The number of carbonyl (C=O) groups is 1. The van der Waals surface area contributed by atoms with Gasteiger partial charge in [-0.25, -0.2) is 18.5 Å². The van der Waals surface area contributed by atoms with Gasteiger partial charge < -0.3 is 14.5 Å². The monoisotopic (exact) mass is 445 g/mol. The third kappa shape index (κ3) is 4.36. The highest BCUT2D eigenvalue weighted by molar-refractivity contribution is 7.91. The SMILES string of the molecule is COC(C)(C)c1coc(S(=N)(=O)NC(=O)Nc2c([C@H](C)C3CC3)ccc3c2CCC3)c1. The number of urea groups is 1. The molecule has 0 spiro atoms. The molecule has 1 heterocycles. The van der Waals surface area contributed by atoms with Crippen LogP contribution in [0.3, 0.4) is 0 Å². The highest BCUT2D eigenvalue weighted by atomic mass is 32.2. The van der Waals surface area contributed by atoms with Gasteiger partial charge in [-0.3, -0.25) is 0 Å². The molecule has 31 heavy (non-hydrogen) atoms. The van der Waals surface area contributed by atoms with Gasteiger partial charge in [0.15, 0.2) is 9.92 Å². The minimum absolute atomic E-state index is 0.104. The fourth-order valence-corrected chi connectivity index (χ4v) is 5.17. The molecular weight excluding hydrogens is 414 g/mol. The number of methoxy groups -OCH3 is 1. The summed E-state index contributed by atoms with van der Waals surface area (Å²) in [6.45, 7) is 5.88. The maximum Gasteiger partial charge on any atom is 0.332 e. The molecule has 7 nitrogen and oxygen atoms in total. The van der Waals surface area contributed by atoms with Gasteiger partial charge in [-0.2, -0.15) is 0 Å². The van der Waals surface area contributed by atoms with Crippen LogP contribution in [0.15, 0.2) is 34.0 Å². The Morgan fingerprint density at radius 1 is 1.32 bits per heavy atom. The molecule has 8 heteroatoms. The van der Waals surface area contributed by atoms with Gasteiger partial charge in [0.2, 0.25) is 5.09 Å². The number of amides is 2. The van der Waals surface area contributed by atoms with Gasteiger partial charge in [0, 0.05) is 24.4 Å². The van der Waals surface area contributed by atoms with Gasteiger partial charge in [-0.15, -0.1) is 0 Å². The second-order valence-electron chi connectivity index (χ2n) is 9.13. The lowest BCUT2D eigenvalue weighted by Crippen LogP contribution is -2.34. The first-order valence-corrected chi connectivity index (χ1v) is 12.3. The van der Waals surface area contributed by atoms with E-state index in [4.69, 9.17) is 13.9 Å². The lowest BCUT2D eigenvalue weighted by molar-refractivity contribution is 0.0187. The molecule has 0 aliphatic heterocycles. The van der Waals surface area contributed by atoms with Gasteiger partial charge >= 0.3 is 6.03 Å². The second-order valence-corrected chi connectivity index (χ2v) is 10.8. The zero-order valence-corrected chi connectivity index (χ0v) is 19.4. The maximum atomic E-state index is 12.9. The predicted molar refractivity (Wildman–Crippen MR) is 120 cm³/mol. The van der Waals surface area contributed by atoms with Crippen molar-refractivity contribution in [2.75, 3.05) is 12.4 Å². The molecule has 2 atom stereocenters. The molecule has 1 saturated carbocycles. The van der Waals surface area contributed by atoms with Crippen LogP contribution in [0.25, 0.3) is 0 Å². The van der Waals surface area contributed by atoms with Crippen LogP contribution in [0.2, 0.25) is 0 Å². The van der Waals surface area contributed by atoms with Crippen LogP contribution in [-0.4, -0.2) is 17.3 Å². The van der Waals surface area contributed by atoms with E-state index in [9.17, 15) is 9.00 Å². The Hall–Kier alpha value is -2.32. The van der Waals surface area contributed by atoms with E-state index in [1.807, 2.05) is 13.8 Å². The Morgan fingerprint density at radius 2 is 2.06 bits per heavy atom. The van der Waals surface area contributed by atoms with Gasteiger partial charge in [0.05, 0.1) is 11.9 Å². The second kappa shape index (κ2) is 7.98. The average molecular weight is 446 g/mol. The average Bonchev–Trinajstić information content (AvgIpc) is 3.23. The van der Waals surface area contributed by atoms with Crippen LogP contribution in [0.1, 0.15) is 68.2 Å². The number of hydrogen-bond donors (Lipinski definition) is 3. The lowest BCUT2D eigenvalue weighted by Gasteiger charge is -2.21.